The van der Waals surface area contributed by atoms with E-state index in [9.17, 15) is 31.7 Å². The minimum absolute atomic E-state index is 0.379. The summed E-state index contributed by atoms with van der Waals surface area (Å²) in [4.78, 5) is 9.11. The summed E-state index contributed by atoms with van der Waals surface area (Å²) >= 11 is 0. The molecule has 0 radical (unpaired) electrons. The number of hydrogen-bond acceptors (Lipinski definition) is 5. The first-order chi connectivity index (χ1) is 9.08. The van der Waals surface area contributed by atoms with E-state index in [0.717, 1.165) is 24.3 Å². The fourth-order valence-corrected chi connectivity index (χ4v) is 2.49. The van der Waals surface area contributed by atoms with Crippen LogP contribution in [-0.4, -0.2) is 32.1 Å². The number of nitrogens with two attached hydrogens (primary N) is 1. The van der Waals surface area contributed by atoms with Crippen LogP contribution in [0.2, 0.25) is 0 Å². The number of alkyl halides is 3. The van der Waals surface area contributed by atoms with Crippen LogP contribution < -0.4 is 10.5 Å². The Labute approximate surface area is 111 Å². The monoisotopic (exact) mass is 313 g/mol. The molecule has 1 rings (SSSR count). The van der Waals surface area contributed by atoms with Crippen LogP contribution in [0.5, 0.6) is 0 Å². The molecule has 0 saturated heterocycles. The quantitative estimate of drug-likeness (QED) is 0.615. The van der Waals surface area contributed by atoms with Crippen molar-refractivity contribution in [2.45, 2.75) is 17.1 Å². The number of rotatable bonds is 5. The zero-order chi connectivity index (χ0) is 15.6. The Bertz CT molecular complexity index is 585. The number of halogens is 3. The highest BCUT2D eigenvalue weighted by molar-refractivity contribution is 7.89. The van der Waals surface area contributed by atoms with E-state index >= 15 is 0 Å². The van der Waals surface area contributed by atoms with Crippen molar-refractivity contribution >= 4 is 15.7 Å². The first-order valence-corrected chi connectivity index (χ1v) is 6.60. The van der Waals surface area contributed by atoms with Crippen LogP contribution >= 0.6 is 0 Å². The highest BCUT2D eigenvalue weighted by atomic mass is 32.2. The molecule has 3 N–H and O–H groups in total. The second kappa shape index (κ2) is 5.73. The molecule has 0 bridgehead atoms. The zero-order valence-corrected chi connectivity index (χ0v) is 10.6. The van der Waals surface area contributed by atoms with Crippen LogP contribution in [0.25, 0.3) is 0 Å². The van der Waals surface area contributed by atoms with Crippen LogP contribution in [0.1, 0.15) is 0 Å². The molecular weight excluding hydrogens is 303 g/mol. The van der Waals surface area contributed by atoms with Crippen molar-refractivity contribution in [3.05, 3.63) is 34.4 Å². The maximum atomic E-state index is 12.4. The average molecular weight is 313 g/mol. The number of benzene rings is 1. The van der Waals surface area contributed by atoms with E-state index in [1.807, 2.05) is 0 Å². The summed E-state index contributed by atoms with van der Waals surface area (Å²) in [6.07, 6.45) is -4.83. The van der Waals surface area contributed by atoms with Gasteiger partial charge in [-0.05, 0) is 12.1 Å². The second-order valence-corrected chi connectivity index (χ2v) is 5.42. The minimum atomic E-state index is -4.83. The van der Waals surface area contributed by atoms with Gasteiger partial charge in [-0.25, -0.2) is 8.42 Å². The van der Waals surface area contributed by atoms with Gasteiger partial charge in [0.2, 0.25) is 10.0 Å². The fraction of sp³-hybridized carbons (Fsp3) is 0.333. The van der Waals surface area contributed by atoms with E-state index < -0.39 is 38.6 Å². The fourth-order valence-electron chi connectivity index (χ4n) is 1.25. The molecule has 0 amide bonds. The molecule has 1 aromatic rings. The van der Waals surface area contributed by atoms with Gasteiger partial charge < -0.3 is 5.73 Å². The Kier molecular flexibility index (Phi) is 4.68. The summed E-state index contributed by atoms with van der Waals surface area (Å²) in [6, 6.07) is 0.997. The minimum Gasteiger partial charge on any atom is -0.329 e. The number of nitrogens with one attached hydrogen (secondary N) is 1. The van der Waals surface area contributed by atoms with Crippen molar-refractivity contribution in [2.24, 2.45) is 5.73 Å². The van der Waals surface area contributed by atoms with Gasteiger partial charge in [0.05, 0.1) is 9.82 Å². The third-order valence-electron chi connectivity index (χ3n) is 2.29. The normalized spacial score (nSPS) is 14.0. The Morgan fingerprint density at radius 2 is 1.80 bits per heavy atom. The van der Waals surface area contributed by atoms with Crippen LogP contribution in [0.15, 0.2) is 29.2 Å². The predicted octanol–water partition coefficient (Wildman–Crippen LogP) is 0.763. The first-order valence-electron chi connectivity index (χ1n) is 5.11. The van der Waals surface area contributed by atoms with E-state index in [1.54, 1.807) is 0 Å². The molecule has 0 spiro atoms. The molecule has 0 fully saturated rings. The number of sulfonamides is 1. The molecule has 1 atom stereocenters. The van der Waals surface area contributed by atoms with Crippen molar-refractivity contribution in [3.8, 4) is 0 Å². The van der Waals surface area contributed by atoms with Gasteiger partial charge in [-0.1, -0.05) is 0 Å². The van der Waals surface area contributed by atoms with Crippen LogP contribution in [0.4, 0.5) is 18.9 Å². The lowest BCUT2D eigenvalue weighted by atomic mass is 10.3. The lowest BCUT2D eigenvalue weighted by Crippen LogP contribution is -2.49. The number of hydrogen-bond donors (Lipinski definition) is 2. The Balaban J connectivity index is 3.02. The highest BCUT2D eigenvalue weighted by Crippen LogP contribution is 2.22. The largest absolute Gasteiger partial charge is 0.406 e. The molecule has 0 aliphatic carbocycles. The van der Waals surface area contributed by atoms with Crippen molar-refractivity contribution in [1.29, 1.82) is 0 Å². The van der Waals surface area contributed by atoms with Gasteiger partial charge in [0.25, 0.3) is 5.69 Å². The summed E-state index contributed by atoms with van der Waals surface area (Å²) in [7, 11) is -4.47. The first kappa shape index (κ1) is 16.3. The molecule has 11 heteroatoms. The zero-order valence-electron chi connectivity index (χ0n) is 9.79. The van der Waals surface area contributed by atoms with Crippen molar-refractivity contribution in [1.82, 2.24) is 4.72 Å². The van der Waals surface area contributed by atoms with Gasteiger partial charge in [-0.3, -0.25) is 10.1 Å². The number of nitro benzene ring substituents is 1. The van der Waals surface area contributed by atoms with E-state index in [2.05, 4.69) is 0 Å². The lowest BCUT2D eigenvalue weighted by Gasteiger charge is -2.19. The SMILES string of the molecule is NCC(NS(=O)(=O)c1ccc([N+](=O)[O-])cc1)C(F)(F)F. The maximum Gasteiger partial charge on any atom is 0.406 e. The summed E-state index contributed by atoms with van der Waals surface area (Å²) in [6.45, 7) is -0.963. The molecular formula is C9H10F3N3O4S. The number of non-ortho nitro benzene ring substituents is 1. The lowest BCUT2D eigenvalue weighted by molar-refractivity contribution is -0.384. The Morgan fingerprint density at radius 1 is 1.30 bits per heavy atom. The van der Waals surface area contributed by atoms with Crippen LogP contribution in [-0.2, 0) is 10.0 Å². The molecule has 1 unspecified atom stereocenters. The van der Waals surface area contributed by atoms with E-state index in [1.165, 1.54) is 4.72 Å². The van der Waals surface area contributed by atoms with Crippen molar-refractivity contribution < 1.29 is 26.5 Å². The molecule has 7 nitrogen and oxygen atoms in total. The summed E-state index contributed by atoms with van der Waals surface area (Å²) in [5.41, 5.74) is 4.49. The molecule has 1 aromatic carbocycles. The van der Waals surface area contributed by atoms with Gasteiger partial charge in [0.15, 0.2) is 0 Å². The maximum absolute atomic E-state index is 12.4. The summed E-state index contributed by atoms with van der Waals surface area (Å²) in [5.74, 6) is 0. The molecule has 0 aliphatic rings. The molecule has 0 aromatic heterocycles. The summed E-state index contributed by atoms with van der Waals surface area (Å²) < 4.78 is 62.1. The predicted molar refractivity (Wildman–Crippen MR) is 62.3 cm³/mol. The summed E-state index contributed by atoms with van der Waals surface area (Å²) in [5, 5.41) is 10.4. The van der Waals surface area contributed by atoms with E-state index in [0.29, 0.717) is 0 Å². The molecule has 0 saturated carbocycles. The molecule has 20 heavy (non-hydrogen) atoms. The van der Waals surface area contributed by atoms with Crippen molar-refractivity contribution in [2.75, 3.05) is 6.54 Å². The topological polar surface area (TPSA) is 115 Å². The van der Waals surface area contributed by atoms with Crippen LogP contribution in [0.3, 0.4) is 0 Å². The van der Waals surface area contributed by atoms with E-state index in [4.69, 9.17) is 5.73 Å². The second-order valence-electron chi connectivity index (χ2n) is 3.70. The molecule has 112 valence electrons. The van der Waals surface area contributed by atoms with Gasteiger partial charge in [-0.15, -0.1) is 0 Å². The third kappa shape index (κ3) is 3.88. The smallest absolute Gasteiger partial charge is 0.329 e. The molecule has 0 heterocycles. The Hall–Kier alpha value is -1.72. The number of nitro groups is 1. The highest BCUT2D eigenvalue weighted by Gasteiger charge is 2.41. The Morgan fingerprint density at radius 3 is 2.15 bits per heavy atom. The average Bonchev–Trinajstić information content (AvgIpc) is 2.34. The third-order valence-corrected chi connectivity index (χ3v) is 3.77. The van der Waals surface area contributed by atoms with Gasteiger partial charge in [0, 0.05) is 18.7 Å². The van der Waals surface area contributed by atoms with Gasteiger partial charge >= 0.3 is 6.18 Å². The standard InChI is InChI=1S/C9H10F3N3O4S/c10-9(11,12)8(5-13)14-20(18,19)7-3-1-6(2-4-7)15(16)17/h1-4,8,14H,5,13H2. The van der Waals surface area contributed by atoms with Crippen LogP contribution in [0, 0.1) is 10.1 Å². The van der Waals surface area contributed by atoms with Gasteiger partial charge in [-0.2, -0.15) is 17.9 Å². The molecule has 0 aliphatic heterocycles. The van der Waals surface area contributed by atoms with Crippen molar-refractivity contribution in [3.63, 3.8) is 0 Å². The number of nitrogens with zero attached hydrogens (tertiary/aromatic N) is 1. The van der Waals surface area contributed by atoms with E-state index in [-0.39, 0.29) is 5.69 Å². The van der Waals surface area contributed by atoms with Gasteiger partial charge in [0.1, 0.15) is 6.04 Å².